The van der Waals surface area contributed by atoms with Gasteiger partial charge in [-0.05, 0) is 30.5 Å². The van der Waals surface area contributed by atoms with Crippen LogP contribution in [0.15, 0.2) is 54.9 Å². The Hall–Kier alpha value is -1.40. The Morgan fingerprint density at radius 3 is 2.32 bits per heavy atom. The Kier molecular flexibility index (Phi) is 4.55. The van der Waals surface area contributed by atoms with Crippen LogP contribution in [0.3, 0.4) is 0 Å². The van der Waals surface area contributed by atoms with E-state index in [1.807, 2.05) is 30.3 Å². The Labute approximate surface area is 115 Å². The number of aromatic nitrogens is 1. The summed E-state index contributed by atoms with van der Waals surface area (Å²) in [6.07, 6.45) is 5.19. The van der Waals surface area contributed by atoms with Gasteiger partial charge in [0, 0.05) is 22.9 Å². The molecule has 0 saturated carbocycles. The molecule has 1 heterocycles. The number of rotatable bonds is 5. The molecule has 0 spiro atoms. The van der Waals surface area contributed by atoms with E-state index in [-0.39, 0.29) is 5.16 Å². The Balaban J connectivity index is 2.25. The van der Waals surface area contributed by atoms with E-state index in [2.05, 4.69) is 31.0 Å². The number of hydrogen-bond donors (Lipinski definition) is 0. The fourth-order valence-electron chi connectivity index (χ4n) is 2.26. The van der Waals surface area contributed by atoms with Crippen LogP contribution in [0.2, 0.25) is 0 Å². The van der Waals surface area contributed by atoms with Gasteiger partial charge in [0.25, 0.3) is 0 Å². The maximum atomic E-state index is 12.9. The third-order valence-electron chi connectivity index (χ3n) is 3.71. The zero-order chi connectivity index (χ0) is 13.7. The van der Waals surface area contributed by atoms with E-state index in [0.717, 1.165) is 18.1 Å². The van der Waals surface area contributed by atoms with Gasteiger partial charge >= 0.3 is 0 Å². The molecule has 3 heteroatoms. The smallest absolute Gasteiger partial charge is 0.110 e. The topological polar surface area (TPSA) is 30.0 Å². The first-order valence-electron chi connectivity index (χ1n) is 6.64. The number of hydrogen-bond acceptors (Lipinski definition) is 2. The molecule has 0 saturated heterocycles. The van der Waals surface area contributed by atoms with Gasteiger partial charge in [0.15, 0.2) is 0 Å². The van der Waals surface area contributed by atoms with Crippen LogP contribution in [0, 0.1) is 0 Å². The summed E-state index contributed by atoms with van der Waals surface area (Å²) in [7, 11) is -1.84. The molecule has 0 bridgehead atoms. The van der Waals surface area contributed by atoms with Crippen LogP contribution in [-0.4, -0.2) is 10.1 Å². The maximum absolute atomic E-state index is 12.9. The maximum Gasteiger partial charge on any atom is 0.110 e. The summed E-state index contributed by atoms with van der Waals surface area (Å²) in [4.78, 5) is 4.00. The first-order chi connectivity index (χ1) is 9.15. The third kappa shape index (κ3) is 3.33. The SMILES string of the molecule is CCC(C)(Cc1ccccc1)[PH](=O)c1ccncc1. The van der Waals surface area contributed by atoms with Gasteiger partial charge in [0.1, 0.15) is 7.80 Å². The predicted octanol–water partition coefficient (Wildman–Crippen LogP) is 3.68. The zero-order valence-electron chi connectivity index (χ0n) is 11.5. The van der Waals surface area contributed by atoms with Gasteiger partial charge in [0.2, 0.25) is 0 Å². The molecule has 100 valence electrons. The molecule has 0 aliphatic rings. The molecule has 0 amide bonds. The minimum Gasteiger partial charge on any atom is -0.321 e. The van der Waals surface area contributed by atoms with Crippen molar-refractivity contribution in [3.63, 3.8) is 0 Å². The zero-order valence-corrected chi connectivity index (χ0v) is 12.5. The van der Waals surface area contributed by atoms with Crippen LogP contribution in [-0.2, 0) is 11.0 Å². The van der Waals surface area contributed by atoms with E-state index in [4.69, 9.17) is 0 Å². The summed E-state index contributed by atoms with van der Waals surface area (Å²) in [5.74, 6) is 0. The van der Waals surface area contributed by atoms with E-state index in [9.17, 15) is 4.57 Å². The highest BCUT2D eigenvalue weighted by Crippen LogP contribution is 2.43. The standard InChI is InChI=1S/C16H20NOP/c1-3-16(2,13-14-7-5-4-6-8-14)19(18)15-9-11-17-12-10-15/h4-12,19H,3,13H2,1-2H3. The lowest BCUT2D eigenvalue weighted by molar-refractivity contribution is 0.534. The van der Waals surface area contributed by atoms with Gasteiger partial charge in [-0.3, -0.25) is 4.98 Å². The van der Waals surface area contributed by atoms with E-state index in [0.29, 0.717) is 0 Å². The van der Waals surface area contributed by atoms with Gasteiger partial charge in [-0.2, -0.15) is 0 Å². The molecule has 1 aromatic heterocycles. The molecule has 2 unspecified atom stereocenters. The first kappa shape index (κ1) is 14.0. The molecule has 1 aromatic carbocycles. The number of pyridine rings is 1. The van der Waals surface area contributed by atoms with Gasteiger partial charge in [0.05, 0.1) is 0 Å². The van der Waals surface area contributed by atoms with Crippen LogP contribution in [0.4, 0.5) is 0 Å². The van der Waals surface area contributed by atoms with Gasteiger partial charge in [-0.25, -0.2) is 0 Å². The Morgan fingerprint density at radius 1 is 1.11 bits per heavy atom. The van der Waals surface area contributed by atoms with Crippen LogP contribution < -0.4 is 5.30 Å². The van der Waals surface area contributed by atoms with E-state index >= 15 is 0 Å². The minimum atomic E-state index is -1.84. The van der Waals surface area contributed by atoms with Gasteiger partial charge < -0.3 is 4.57 Å². The Morgan fingerprint density at radius 2 is 1.74 bits per heavy atom. The third-order valence-corrected chi connectivity index (χ3v) is 6.19. The highest BCUT2D eigenvalue weighted by molar-refractivity contribution is 7.55. The number of benzene rings is 1. The van der Waals surface area contributed by atoms with E-state index in [1.54, 1.807) is 12.4 Å². The molecule has 0 radical (unpaired) electrons. The molecule has 2 rings (SSSR count). The normalized spacial score (nSPS) is 15.7. The molecular formula is C16H20NOP. The second-order valence-corrected chi connectivity index (χ2v) is 7.58. The molecule has 2 nitrogen and oxygen atoms in total. The molecule has 2 aromatic rings. The van der Waals surface area contributed by atoms with Crippen molar-refractivity contribution < 1.29 is 4.57 Å². The minimum absolute atomic E-state index is 0.173. The lowest BCUT2D eigenvalue weighted by atomic mass is 9.98. The predicted molar refractivity (Wildman–Crippen MR) is 81.7 cm³/mol. The molecule has 2 atom stereocenters. The van der Waals surface area contributed by atoms with Crippen molar-refractivity contribution in [2.45, 2.75) is 31.8 Å². The van der Waals surface area contributed by atoms with Crippen molar-refractivity contribution in [1.29, 1.82) is 0 Å². The quantitative estimate of drug-likeness (QED) is 0.778. The highest BCUT2D eigenvalue weighted by Gasteiger charge is 2.30. The van der Waals surface area contributed by atoms with Crippen molar-refractivity contribution in [3.8, 4) is 0 Å². The Bertz CT molecular complexity index is 541. The summed E-state index contributed by atoms with van der Waals surface area (Å²) >= 11 is 0. The lowest BCUT2D eigenvalue weighted by Crippen LogP contribution is -2.25. The van der Waals surface area contributed by atoms with Crippen molar-refractivity contribution in [2.75, 3.05) is 0 Å². The molecule has 0 N–H and O–H groups in total. The molecule has 0 aliphatic carbocycles. The highest BCUT2D eigenvalue weighted by atomic mass is 31.1. The molecule has 0 fully saturated rings. The average Bonchev–Trinajstić information content (AvgIpc) is 2.48. The van der Waals surface area contributed by atoms with Crippen LogP contribution in [0.25, 0.3) is 0 Å². The second-order valence-electron chi connectivity index (χ2n) is 5.14. The summed E-state index contributed by atoms with van der Waals surface area (Å²) in [6.45, 7) is 4.24. The fourth-order valence-corrected chi connectivity index (χ4v) is 4.10. The molecular weight excluding hydrogens is 253 g/mol. The van der Waals surface area contributed by atoms with Crippen molar-refractivity contribution in [1.82, 2.24) is 4.98 Å². The first-order valence-corrected chi connectivity index (χ1v) is 8.05. The van der Waals surface area contributed by atoms with Crippen molar-refractivity contribution in [3.05, 3.63) is 60.4 Å². The molecule has 0 aliphatic heterocycles. The molecule has 19 heavy (non-hydrogen) atoms. The van der Waals surface area contributed by atoms with Crippen LogP contribution in [0.5, 0.6) is 0 Å². The fraction of sp³-hybridized carbons (Fsp3) is 0.312. The van der Waals surface area contributed by atoms with Crippen molar-refractivity contribution in [2.24, 2.45) is 0 Å². The lowest BCUT2D eigenvalue weighted by Gasteiger charge is -2.28. The van der Waals surface area contributed by atoms with E-state index < -0.39 is 7.80 Å². The monoisotopic (exact) mass is 273 g/mol. The number of nitrogens with zero attached hydrogens (tertiary/aromatic N) is 1. The summed E-state index contributed by atoms with van der Waals surface area (Å²) in [6, 6.07) is 14.1. The largest absolute Gasteiger partial charge is 0.321 e. The van der Waals surface area contributed by atoms with Gasteiger partial charge in [-0.15, -0.1) is 0 Å². The second kappa shape index (κ2) is 6.16. The summed E-state index contributed by atoms with van der Waals surface area (Å²) < 4.78 is 12.9. The summed E-state index contributed by atoms with van der Waals surface area (Å²) in [5, 5.41) is 0.758. The van der Waals surface area contributed by atoms with Crippen molar-refractivity contribution >= 4 is 13.1 Å². The van der Waals surface area contributed by atoms with E-state index in [1.165, 1.54) is 5.56 Å². The van der Waals surface area contributed by atoms with Gasteiger partial charge in [-0.1, -0.05) is 44.2 Å². The van der Waals surface area contributed by atoms with Crippen LogP contribution in [0.1, 0.15) is 25.8 Å². The summed E-state index contributed by atoms with van der Waals surface area (Å²) in [5.41, 5.74) is 1.25. The van der Waals surface area contributed by atoms with Crippen LogP contribution >= 0.6 is 7.80 Å². The average molecular weight is 273 g/mol.